The minimum absolute atomic E-state index is 1.04. The molecule has 0 atom stereocenters. The van der Waals surface area contributed by atoms with Crippen molar-refractivity contribution in [3.8, 4) is 0 Å². The van der Waals surface area contributed by atoms with Gasteiger partial charge in [-0.2, -0.15) is 0 Å². The van der Waals surface area contributed by atoms with E-state index in [4.69, 9.17) is 4.98 Å². The molecule has 3 nitrogen and oxygen atoms in total. The summed E-state index contributed by atoms with van der Waals surface area (Å²) in [5.74, 6) is 0. The maximum absolute atomic E-state index is 4.85. The maximum atomic E-state index is 4.85. The zero-order chi connectivity index (χ0) is 14.7. The molecule has 0 bridgehead atoms. The van der Waals surface area contributed by atoms with Crippen LogP contribution in [-0.2, 0) is 6.42 Å². The Labute approximate surface area is 122 Å². The summed E-state index contributed by atoms with van der Waals surface area (Å²) in [6.07, 6.45) is 2.20. The Bertz CT molecular complexity index is 603. The number of nitrogens with zero attached hydrogens (tertiary/aromatic N) is 2. The first-order valence-corrected chi connectivity index (χ1v) is 7.27. The smallest absolute Gasteiger partial charge is 0.0755 e. The van der Waals surface area contributed by atoms with E-state index in [2.05, 4.69) is 56.4 Å². The van der Waals surface area contributed by atoms with Crippen molar-refractivity contribution in [1.82, 2.24) is 10.3 Å². The van der Waals surface area contributed by atoms with Gasteiger partial charge in [-0.05, 0) is 51.4 Å². The molecule has 0 fully saturated rings. The van der Waals surface area contributed by atoms with Gasteiger partial charge in [-0.15, -0.1) is 0 Å². The largest absolute Gasteiger partial charge is 0.377 e. The number of para-hydroxylation sites is 1. The summed E-state index contributed by atoms with van der Waals surface area (Å²) in [4.78, 5) is 7.08. The Morgan fingerprint density at radius 1 is 1.20 bits per heavy atom. The molecule has 2 aromatic rings. The quantitative estimate of drug-likeness (QED) is 0.847. The first kappa shape index (κ1) is 14.8. The topological polar surface area (TPSA) is 28.2 Å². The summed E-state index contributed by atoms with van der Waals surface area (Å²) in [5.41, 5.74) is 6.24. The standard InChI is InChI=1S/C17H25N3/c1-12-8-6-9-15-16(12)19-13(2)14(10-7-11-18-3)17(15)20(4)5/h6,8-9,18H,7,10-11H2,1-5H3. The van der Waals surface area contributed by atoms with E-state index in [1.807, 2.05) is 7.05 Å². The molecular weight excluding hydrogens is 246 g/mol. The van der Waals surface area contributed by atoms with Gasteiger partial charge in [0.2, 0.25) is 0 Å². The summed E-state index contributed by atoms with van der Waals surface area (Å²) in [7, 11) is 6.25. The van der Waals surface area contributed by atoms with E-state index in [1.54, 1.807) is 0 Å². The number of fused-ring (bicyclic) bond motifs is 1. The second-order valence-corrected chi connectivity index (χ2v) is 5.60. The fourth-order valence-electron chi connectivity index (χ4n) is 2.82. The maximum Gasteiger partial charge on any atom is 0.0755 e. The molecule has 20 heavy (non-hydrogen) atoms. The molecule has 0 aliphatic carbocycles. The van der Waals surface area contributed by atoms with E-state index in [-0.39, 0.29) is 0 Å². The van der Waals surface area contributed by atoms with E-state index >= 15 is 0 Å². The number of rotatable bonds is 5. The van der Waals surface area contributed by atoms with Crippen molar-refractivity contribution in [3.63, 3.8) is 0 Å². The number of hydrogen-bond acceptors (Lipinski definition) is 3. The van der Waals surface area contributed by atoms with Crippen molar-refractivity contribution < 1.29 is 0 Å². The number of benzene rings is 1. The Kier molecular flexibility index (Phi) is 4.61. The van der Waals surface area contributed by atoms with Gasteiger partial charge in [0.25, 0.3) is 0 Å². The van der Waals surface area contributed by atoms with Crippen LogP contribution in [-0.4, -0.2) is 32.7 Å². The van der Waals surface area contributed by atoms with Gasteiger partial charge >= 0.3 is 0 Å². The normalized spacial score (nSPS) is 11.1. The van der Waals surface area contributed by atoms with Crippen LogP contribution in [0.25, 0.3) is 10.9 Å². The number of hydrogen-bond donors (Lipinski definition) is 1. The first-order chi connectivity index (χ1) is 9.56. The average Bonchev–Trinajstić information content (AvgIpc) is 2.40. The van der Waals surface area contributed by atoms with E-state index in [0.717, 1.165) is 30.6 Å². The lowest BCUT2D eigenvalue weighted by molar-refractivity contribution is 0.721. The minimum atomic E-state index is 1.04. The Morgan fingerprint density at radius 2 is 1.95 bits per heavy atom. The molecule has 0 spiro atoms. The van der Waals surface area contributed by atoms with Gasteiger partial charge in [0, 0.05) is 25.2 Å². The SMILES string of the molecule is CNCCCc1c(C)nc2c(C)cccc2c1N(C)C. The minimum Gasteiger partial charge on any atom is -0.377 e. The van der Waals surface area contributed by atoms with Gasteiger partial charge in [-0.25, -0.2) is 0 Å². The Balaban J connectivity index is 2.61. The molecule has 0 radical (unpaired) electrons. The monoisotopic (exact) mass is 271 g/mol. The number of aryl methyl sites for hydroxylation is 2. The number of nitrogens with one attached hydrogen (secondary N) is 1. The third kappa shape index (κ3) is 2.78. The number of anilines is 1. The van der Waals surface area contributed by atoms with Crippen molar-refractivity contribution >= 4 is 16.6 Å². The van der Waals surface area contributed by atoms with Gasteiger partial charge in [-0.1, -0.05) is 18.2 Å². The van der Waals surface area contributed by atoms with E-state index in [0.29, 0.717) is 0 Å². The van der Waals surface area contributed by atoms with Crippen LogP contribution in [0.15, 0.2) is 18.2 Å². The summed E-state index contributed by atoms with van der Waals surface area (Å²) in [6.45, 7) is 5.31. The van der Waals surface area contributed by atoms with Crippen LogP contribution in [0.4, 0.5) is 5.69 Å². The Hall–Kier alpha value is -1.61. The number of pyridine rings is 1. The molecular formula is C17H25N3. The van der Waals surface area contributed by atoms with Crippen LogP contribution in [0.3, 0.4) is 0 Å². The molecule has 0 aliphatic heterocycles. The third-order valence-electron chi connectivity index (χ3n) is 3.80. The lowest BCUT2D eigenvalue weighted by Gasteiger charge is -2.22. The summed E-state index contributed by atoms with van der Waals surface area (Å²) in [6, 6.07) is 6.44. The fourth-order valence-corrected chi connectivity index (χ4v) is 2.82. The molecule has 1 aromatic carbocycles. The van der Waals surface area contributed by atoms with Crippen LogP contribution in [0.2, 0.25) is 0 Å². The van der Waals surface area contributed by atoms with Gasteiger partial charge in [-0.3, -0.25) is 4.98 Å². The van der Waals surface area contributed by atoms with Gasteiger partial charge in [0.1, 0.15) is 0 Å². The average molecular weight is 271 g/mol. The van der Waals surface area contributed by atoms with Crippen molar-refractivity contribution in [1.29, 1.82) is 0 Å². The molecule has 0 saturated carbocycles. The van der Waals surface area contributed by atoms with E-state index in [9.17, 15) is 0 Å². The van der Waals surface area contributed by atoms with Crippen molar-refractivity contribution in [2.75, 3.05) is 32.6 Å². The fraction of sp³-hybridized carbons (Fsp3) is 0.471. The van der Waals surface area contributed by atoms with Gasteiger partial charge < -0.3 is 10.2 Å². The summed E-state index contributed by atoms with van der Waals surface area (Å²) < 4.78 is 0. The highest BCUT2D eigenvalue weighted by Gasteiger charge is 2.14. The predicted octanol–water partition coefficient (Wildman–Crippen LogP) is 3.07. The van der Waals surface area contributed by atoms with Crippen LogP contribution < -0.4 is 10.2 Å². The van der Waals surface area contributed by atoms with Crippen LogP contribution >= 0.6 is 0 Å². The van der Waals surface area contributed by atoms with Crippen molar-refractivity contribution in [2.45, 2.75) is 26.7 Å². The Morgan fingerprint density at radius 3 is 2.60 bits per heavy atom. The molecule has 1 N–H and O–H groups in total. The zero-order valence-corrected chi connectivity index (χ0v) is 13.2. The highest BCUT2D eigenvalue weighted by Crippen LogP contribution is 2.32. The highest BCUT2D eigenvalue weighted by atomic mass is 15.1. The molecule has 3 heteroatoms. The summed E-state index contributed by atoms with van der Waals surface area (Å²) >= 11 is 0. The van der Waals surface area contributed by atoms with Gasteiger partial charge in [0.05, 0.1) is 11.2 Å². The summed E-state index contributed by atoms with van der Waals surface area (Å²) in [5, 5.41) is 4.48. The third-order valence-corrected chi connectivity index (χ3v) is 3.80. The highest BCUT2D eigenvalue weighted by molar-refractivity contribution is 5.95. The zero-order valence-electron chi connectivity index (χ0n) is 13.2. The molecule has 0 amide bonds. The van der Waals surface area contributed by atoms with Gasteiger partial charge in [0.15, 0.2) is 0 Å². The second kappa shape index (κ2) is 6.23. The van der Waals surface area contributed by atoms with E-state index in [1.165, 1.54) is 22.2 Å². The molecule has 1 heterocycles. The van der Waals surface area contributed by atoms with Crippen molar-refractivity contribution in [2.24, 2.45) is 0 Å². The van der Waals surface area contributed by atoms with Crippen molar-refractivity contribution in [3.05, 3.63) is 35.0 Å². The lowest BCUT2D eigenvalue weighted by Crippen LogP contribution is -2.15. The molecule has 2 rings (SSSR count). The molecule has 0 saturated heterocycles. The second-order valence-electron chi connectivity index (χ2n) is 5.60. The van der Waals surface area contributed by atoms with E-state index < -0.39 is 0 Å². The molecule has 0 unspecified atom stereocenters. The van der Waals surface area contributed by atoms with Crippen LogP contribution in [0, 0.1) is 13.8 Å². The lowest BCUT2D eigenvalue weighted by atomic mass is 9.99. The molecule has 1 aromatic heterocycles. The predicted molar refractivity (Wildman–Crippen MR) is 87.8 cm³/mol. The van der Waals surface area contributed by atoms with Crippen LogP contribution in [0.1, 0.15) is 23.2 Å². The first-order valence-electron chi connectivity index (χ1n) is 7.27. The molecule has 108 valence electrons. The molecule has 0 aliphatic rings. The number of aromatic nitrogens is 1. The van der Waals surface area contributed by atoms with Crippen LogP contribution in [0.5, 0.6) is 0 Å².